The molecule has 96 valence electrons. The maximum atomic E-state index is 10.0. The number of aromatic nitrogens is 2. The first kappa shape index (κ1) is 12.6. The molecule has 1 heterocycles. The Morgan fingerprint density at radius 3 is 2.61 bits per heavy atom. The molecule has 1 N–H and O–H groups in total. The minimum atomic E-state index is -0.458. The van der Waals surface area contributed by atoms with Crippen LogP contribution >= 0.6 is 0 Å². The van der Waals surface area contributed by atoms with E-state index in [1.54, 1.807) is 18.0 Å². The standard InChI is InChI=1S/C14H18N2O2/c1-16-10-12(9-15-16)14(17)8-5-11-3-6-13(18-2)7-4-11/h3-4,6-7,9-10,14,17H,5,8H2,1-2H3. The van der Waals surface area contributed by atoms with E-state index in [1.807, 2.05) is 37.5 Å². The Hall–Kier alpha value is -1.81. The molecular formula is C14H18N2O2. The highest BCUT2D eigenvalue weighted by molar-refractivity contribution is 5.27. The van der Waals surface area contributed by atoms with E-state index in [-0.39, 0.29) is 0 Å². The molecule has 0 saturated heterocycles. The predicted molar refractivity (Wildman–Crippen MR) is 69.5 cm³/mol. The van der Waals surface area contributed by atoms with E-state index in [4.69, 9.17) is 4.74 Å². The van der Waals surface area contributed by atoms with Gasteiger partial charge < -0.3 is 9.84 Å². The number of benzene rings is 1. The summed E-state index contributed by atoms with van der Waals surface area (Å²) < 4.78 is 6.81. The SMILES string of the molecule is COc1ccc(CCC(O)c2cnn(C)c2)cc1. The van der Waals surface area contributed by atoms with Crippen LogP contribution in [-0.4, -0.2) is 22.0 Å². The fourth-order valence-corrected chi connectivity index (χ4v) is 1.87. The lowest BCUT2D eigenvalue weighted by Crippen LogP contribution is -1.98. The summed E-state index contributed by atoms with van der Waals surface area (Å²) in [7, 11) is 3.50. The van der Waals surface area contributed by atoms with Gasteiger partial charge in [-0.15, -0.1) is 0 Å². The highest BCUT2D eigenvalue weighted by Crippen LogP contribution is 2.19. The van der Waals surface area contributed by atoms with Crippen LogP contribution in [0.15, 0.2) is 36.7 Å². The minimum Gasteiger partial charge on any atom is -0.497 e. The van der Waals surface area contributed by atoms with Crippen molar-refractivity contribution in [3.05, 3.63) is 47.8 Å². The van der Waals surface area contributed by atoms with Gasteiger partial charge in [-0.3, -0.25) is 4.68 Å². The molecule has 0 aliphatic heterocycles. The van der Waals surface area contributed by atoms with E-state index in [1.165, 1.54) is 5.56 Å². The molecule has 0 fully saturated rings. The summed E-state index contributed by atoms with van der Waals surface area (Å²) in [4.78, 5) is 0. The number of hydrogen-bond donors (Lipinski definition) is 1. The summed E-state index contributed by atoms with van der Waals surface area (Å²) in [5, 5.41) is 14.1. The van der Waals surface area contributed by atoms with Crippen LogP contribution in [0.2, 0.25) is 0 Å². The number of rotatable bonds is 5. The van der Waals surface area contributed by atoms with Crippen LogP contribution in [-0.2, 0) is 13.5 Å². The predicted octanol–water partition coefficient (Wildman–Crippen LogP) is 2.09. The van der Waals surface area contributed by atoms with Gasteiger partial charge >= 0.3 is 0 Å². The average molecular weight is 246 g/mol. The lowest BCUT2D eigenvalue weighted by molar-refractivity contribution is 0.168. The summed E-state index contributed by atoms with van der Waals surface area (Å²) in [6, 6.07) is 7.92. The third kappa shape index (κ3) is 3.11. The van der Waals surface area contributed by atoms with Gasteiger partial charge in [0, 0.05) is 18.8 Å². The van der Waals surface area contributed by atoms with Crippen molar-refractivity contribution in [2.45, 2.75) is 18.9 Å². The Kier molecular flexibility index (Phi) is 3.99. The Labute approximate surface area is 107 Å². The number of aliphatic hydroxyl groups excluding tert-OH is 1. The largest absolute Gasteiger partial charge is 0.497 e. The lowest BCUT2D eigenvalue weighted by Gasteiger charge is -2.08. The van der Waals surface area contributed by atoms with Gasteiger partial charge in [0.05, 0.1) is 19.4 Å². The average Bonchev–Trinajstić information content (AvgIpc) is 2.83. The zero-order valence-electron chi connectivity index (χ0n) is 10.7. The van der Waals surface area contributed by atoms with Gasteiger partial charge in [-0.05, 0) is 30.5 Å². The number of nitrogens with zero attached hydrogens (tertiary/aromatic N) is 2. The van der Waals surface area contributed by atoms with Crippen LogP contribution in [0, 0.1) is 0 Å². The molecule has 0 bridgehead atoms. The molecule has 0 saturated carbocycles. The van der Waals surface area contributed by atoms with E-state index in [2.05, 4.69) is 5.10 Å². The van der Waals surface area contributed by atoms with Gasteiger partial charge in [0.15, 0.2) is 0 Å². The van der Waals surface area contributed by atoms with Crippen LogP contribution in [0.3, 0.4) is 0 Å². The summed E-state index contributed by atoms with van der Waals surface area (Å²) in [6.45, 7) is 0. The maximum absolute atomic E-state index is 10.0. The molecule has 1 aromatic heterocycles. The number of methoxy groups -OCH3 is 1. The van der Waals surface area contributed by atoms with Crippen molar-refractivity contribution in [1.29, 1.82) is 0 Å². The number of ether oxygens (including phenoxy) is 1. The summed E-state index contributed by atoms with van der Waals surface area (Å²) in [5.41, 5.74) is 2.06. The Morgan fingerprint density at radius 1 is 1.33 bits per heavy atom. The maximum Gasteiger partial charge on any atom is 0.118 e. The lowest BCUT2D eigenvalue weighted by atomic mass is 10.0. The Morgan fingerprint density at radius 2 is 2.06 bits per heavy atom. The zero-order valence-corrected chi connectivity index (χ0v) is 10.7. The molecule has 2 rings (SSSR count). The van der Waals surface area contributed by atoms with Gasteiger partial charge in [0.1, 0.15) is 5.75 Å². The van der Waals surface area contributed by atoms with Crippen molar-refractivity contribution in [2.75, 3.05) is 7.11 Å². The first-order valence-electron chi connectivity index (χ1n) is 5.98. The van der Waals surface area contributed by atoms with Crippen molar-refractivity contribution < 1.29 is 9.84 Å². The molecule has 2 aromatic rings. The van der Waals surface area contributed by atoms with E-state index >= 15 is 0 Å². The number of hydrogen-bond acceptors (Lipinski definition) is 3. The van der Waals surface area contributed by atoms with Crippen LogP contribution in [0.4, 0.5) is 0 Å². The smallest absolute Gasteiger partial charge is 0.118 e. The third-order valence-corrected chi connectivity index (χ3v) is 2.98. The highest BCUT2D eigenvalue weighted by atomic mass is 16.5. The van der Waals surface area contributed by atoms with E-state index < -0.39 is 6.10 Å². The molecule has 1 atom stereocenters. The van der Waals surface area contributed by atoms with E-state index in [9.17, 15) is 5.11 Å². The fraction of sp³-hybridized carbons (Fsp3) is 0.357. The van der Waals surface area contributed by atoms with Crippen molar-refractivity contribution in [2.24, 2.45) is 7.05 Å². The van der Waals surface area contributed by atoms with E-state index in [0.717, 1.165) is 17.7 Å². The van der Waals surface area contributed by atoms with Gasteiger partial charge in [-0.1, -0.05) is 12.1 Å². The zero-order chi connectivity index (χ0) is 13.0. The minimum absolute atomic E-state index is 0.458. The molecule has 0 aliphatic carbocycles. The van der Waals surface area contributed by atoms with Gasteiger partial charge in [-0.2, -0.15) is 5.10 Å². The molecular weight excluding hydrogens is 228 g/mol. The van der Waals surface area contributed by atoms with Crippen LogP contribution in [0.1, 0.15) is 23.7 Å². The van der Waals surface area contributed by atoms with E-state index in [0.29, 0.717) is 6.42 Å². The molecule has 0 spiro atoms. The second kappa shape index (κ2) is 5.69. The second-order valence-electron chi connectivity index (χ2n) is 4.35. The van der Waals surface area contributed by atoms with Crippen LogP contribution in [0.5, 0.6) is 5.75 Å². The quantitative estimate of drug-likeness (QED) is 0.878. The number of aryl methyl sites for hydroxylation is 2. The molecule has 0 aliphatic rings. The van der Waals surface area contributed by atoms with Crippen LogP contribution in [0.25, 0.3) is 0 Å². The second-order valence-corrected chi connectivity index (χ2v) is 4.35. The molecule has 4 heteroatoms. The van der Waals surface area contributed by atoms with Crippen molar-refractivity contribution >= 4 is 0 Å². The molecule has 1 aromatic carbocycles. The monoisotopic (exact) mass is 246 g/mol. The van der Waals surface area contributed by atoms with Gasteiger partial charge in [-0.25, -0.2) is 0 Å². The highest BCUT2D eigenvalue weighted by Gasteiger charge is 2.09. The summed E-state index contributed by atoms with van der Waals surface area (Å²) >= 11 is 0. The summed E-state index contributed by atoms with van der Waals surface area (Å²) in [5.74, 6) is 0.853. The Bertz CT molecular complexity index is 491. The first-order chi connectivity index (χ1) is 8.69. The first-order valence-corrected chi connectivity index (χ1v) is 5.98. The van der Waals surface area contributed by atoms with Gasteiger partial charge in [0.2, 0.25) is 0 Å². The molecule has 0 amide bonds. The normalized spacial score (nSPS) is 12.4. The van der Waals surface area contributed by atoms with Crippen molar-refractivity contribution in [3.8, 4) is 5.75 Å². The fourth-order valence-electron chi connectivity index (χ4n) is 1.87. The molecule has 1 unspecified atom stereocenters. The third-order valence-electron chi connectivity index (χ3n) is 2.98. The van der Waals surface area contributed by atoms with Crippen molar-refractivity contribution in [3.63, 3.8) is 0 Å². The number of aliphatic hydroxyl groups is 1. The topological polar surface area (TPSA) is 47.3 Å². The summed E-state index contributed by atoms with van der Waals surface area (Å²) in [6.07, 6.45) is 4.62. The molecule has 0 radical (unpaired) electrons. The molecule has 18 heavy (non-hydrogen) atoms. The Balaban J connectivity index is 1.90. The van der Waals surface area contributed by atoms with Gasteiger partial charge in [0.25, 0.3) is 0 Å². The van der Waals surface area contributed by atoms with Crippen molar-refractivity contribution in [1.82, 2.24) is 9.78 Å². The molecule has 4 nitrogen and oxygen atoms in total. The van der Waals surface area contributed by atoms with Crippen LogP contribution < -0.4 is 4.74 Å².